The highest BCUT2D eigenvalue weighted by molar-refractivity contribution is 6.00. The highest BCUT2D eigenvalue weighted by Gasteiger charge is 2.22. The lowest BCUT2D eigenvalue weighted by Crippen LogP contribution is -2.29. The Labute approximate surface area is 220 Å². The van der Waals surface area contributed by atoms with Crippen molar-refractivity contribution in [3.05, 3.63) is 77.9 Å². The Morgan fingerprint density at radius 3 is 2.42 bits per heavy atom. The molecule has 0 amide bonds. The van der Waals surface area contributed by atoms with Crippen LogP contribution in [0.5, 0.6) is 0 Å². The molecule has 0 aliphatic rings. The number of nitrogen functional groups attached to an aromatic ring is 1. The first-order valence-electron chi connectivity index (χ1n) is 12.3. The van der Waals surface area contributed by atoms with Crippen LogP contribution in [0.1, 0.15) is 32.0 Å². The smallest absolute Gasteiger partial charge is 0.204 e. The first-order chi connectivity index (χ1) is 18.0. The monoisotopic (exact) mass is 514 g/mol. The molecule has 0 radical (unpaired) electrons. The van der Waals surface area contributed by atoms with Crippen LogP contribution in [0, 0.1) is 12.7 Å². The van der Waals surface area contributed by atoms with Crippen molar-refractivity contribution in [1.29, 1.82) is 0 Å². The van der Waals surface area contributed by atoms with E-state index in [4.69, 9.17) is 10.8 Å². The first-order valence-corrected chi connectivity index (χ1v) is 12.3. The van der Waals surface area contributed by atoms with Crippen LogP contribution in [0.3, 0.4) is 0 Å². The lowest BCUT2D eigenvalue weighted by Gasteiger charge is -2.18. The minimum atomic E-state index is -1.29. The Hall–Kier alpha value is -4.44. The molecule has 0 saturated carbocycles. The third kappa shape index (κ3) is 4.78. The second kappa shape index (κ2) is 9.46. The molecule has 1 unspecified atom stereocenters. The summed E-state index contributed by atoms with van der Waals surface area (Å²) in [6.45, 7) is 8.22. The summed E-state index contributed by atoms with van der Waals surface area (Å²) in [6, 6.07) is 16.2. The van der Waals surface area contributed by atoms with Gasteiger partial charge in [-0.15, -0.1) is 0 Å². The van der Waals surface area contributed by atoms with E-state index in [1.807, 2.05) is 43.3 Å². The highest BCUT2D eigenvalue weighted by Crippen LogP contribution is 2.32. The Morgan fingerprint density at radius 2 is 1.74 bits per heavy atom. The van der Waals surface area contributed by atoms with Gasteiger partial charge in [-0.1, -0.05) is 44.5 Å². The maximum Gasteiger partial charge on any atom is 0.204 e. The molecule has 9 nitrogen and oxygen atoms in total. The van der Waals surface area contributed by atoms with Crippen molar-refractivity contribution in [1.82, 2.24) is 24.5 Å². The van der Waals surface area contributed by atoms with Crippen molar-refractivity contribution in [3.8, 4) is 16.9 Å². The number of halogens is 1. The molecule has 0 aliphatic carbocycles. The Balaban J connectivity index is 1.40. The summed E-state index contributed by atoms with van der Waals surface area (Å²) < 4.78 is 18.6. The number of fused-ring (bicyclic) bond motifs is 1. The minimum absolute atomic E-state index is 0.123. The van der Waals surface area contributed by atoms with Gasteiger partial charge < -0.3 is 21.5 Å². The predicted octanol–water partition coefficient (Wildman–Crippen LogP) is 4.95. The molecule has 3 aromatic heterocycles. The van der Waals surface area contributed by atoms with Crippen molar-refractivity contribution in [3.63, 3.8) is 0 Å². The van der Waals surface area contributed by atoms with Gasteiger partial charge in [0.1, 0.15) is 23.1 Å². The molecule has 38 heavy (non-hydrogen) atoms. The van der Waals surface area contributed by atoms with Gasteiger partial charge in [-0.25, -0.2) is 14.1 Å². The summed E-state index contributed by atoms with van der Waals surface area (Å²) in [6.07, 6.45) is 0.319. The molecule has 196 valence electrons. The van der Waals surface area contributed by atoms with E-state index >= 15 is 4.39 Å². The fourth-order valence-electron chi connectivity index (χ4n) is 4.27. The number of aryl methyl sites for hydroxylation is 2. The van der Waals surface area contributed by atoms with Crippen LogP contribution >= 0.6 is 0 Å². The van der Waals surface area contributed by atoms with Crippen molar-refractivity contribution < 1.29 is 9.50 Å². The first kappa shape index (κ1) is 25.2. The van der Waals surface area contributed by atoms with Gasteiger partial charge >= 0.3 is 0 Å². The average molecular weight is 515 g/mol. The molecule has 0 saturated heterocycles. The van der Waals surface area contributed by atoms with Crippen molar-refractivity contribution in [2.24, 2.45) is 7.05 Å². The summed E-state index contributed by atoms with van der Waals surface area (Å²) in [7, 11) is 1.80. The summed E-state index contributed by atoms with van der Waals surface area (Å²) in [4.78, 5) is 4.15. The topological polar surface area (TPSA) is 119 Å². The number of nitrogens with one attached hydrogen (secondary N) is 2. The van der Waals surface area contributed by atoms with Crippen molar-refractivity contribution in [2.45, 2.75) is 39.5 Å². The van der Waals surface area contributed by atoms with E-state index in [-0.39, 0.29) is 11.1 Å². The van der Waals surface area contributed by atoms with E-state index in [0.29, 0.717) is 28.3 Å². The summed E-state index contributed by atoms with van der Waals surface area (Å²) in [5, 5.41) is 26.5. The van der Waals surface area contributed by atoms with Crippen LogP contribution in [0.4, 0.5) is 21.7 Å². The number of aliphatic hydroxyl groups is 1. The van der Waals surface area contributed by atoms with Crippen LogP contribution in [0.15, 0.2) is 60.8 Å². The maximum atomic E-state index is 15.2. The van der Waals surface area contributed by atoms with Crippen LogP contribution in [0.2, 0.25) is 0 Å². The molecule has 0 fully saturated rings. The van der Waals surface area contributed by atoms with E-state index in [9.17, 15) is 5.11 Å². The predicted molar refractivity (Wildman–Crippen MR) is 149 cm³/mol. The van der Waals surface area contributed by atoms with Gasteiger partial charge in [0.2, 0.25) is 6.35 Å². The number of nitrogens with zero attached hydrogens (tertiary/aromatic N) is 5. The quantitative estimate of drug-likeness (QED) is 0.237. The number of rotatable bonds is 6. The lowest BCUT2D eigenvalue weighted by atomic mass is 9.92. The van der Waals surface area contributed by atoms with E-state index in [1.54, 1.807) is 34.7 Å². The van der Waals surface area contributed by atoms with Gasteiger partial charge in [-0.05, 0) is 37.3 Å². The number of nitrogens with two attached hydrogens (primary N) is 1. The van der Waals surface area contributed by atoms with Gasteiger partial charge in [-0.3, -0.25) is 4.68 Å². The Morgan fingerprint density at radius 1 is 1.00 bits per heavy atom. The summed E-state index contributed by atoms with van der Waals surface area (Å²) >= 11 is 0. The van der Waals surface area contributed by atoms with Gasteiger partial charge in [0, 0.05) is 30.3 Å². The third-order valence-corrected chi connectivity index (χ3v) is 6.37. The number of hydrogen-bond donors (Lipinski definition) is 4. The second-order valence-electron chi connectivity index (χ2n) is 10.4. The van der Waals surface area contributed by atoms with Crippen molar-refractivity contribution in [2.75, 3.05) is 16.4 Å². The zero-order valence-corrected chi connectivity index (χ0v) is 22.0. The van der Waals surface area contributed by atoms with E-state index in [0.717, 1.165) is 22.5 Å². The molecule has 0 spiro atoms. The number of anilines is 3. The molecule has 5 aromatic rings. The Bertz CT molecular complexity index is 1610. The van der Waals surface area contributed by atoms with Gasteiger partial charge in [0.05, 0.1) is 28.0 Å². The largest absolute Gasteiger partial charge is 0.383 e. The zero-order valence-electron chi connectivity index (χ0n) is 22.0. The highest BCUT2D eigenvalue weighted by atomic mass is 19.1. The van der Waals surface area contributed by atoms with Crippen LogP contribution in [-0.4, -0.2) is 36.0 Å². The fourth-order valence-corrected chi connectivity index (χ4v) is 4.27. The molecule has 0 bridgehead atoms. The molecule has 5 rings (SSSR count). The van der Waals surface area contributed by atoms with Gasteiger partial charge in [-0.2, -0.15) is 10.2 Å². The molecule has 5 N–H and O–H groups in total. The van der Waals surface area contributed by atoms with Gasteiger partial charge in [0.25, 0.3) is 0 Å². The number of aliphatic hydroxyl groups excluding tert-OH is 1. The summed E-state index contributed by atoms with van der Waals surface area (Å²) in [5.74, 6) is 0.346. The van der Waals surface area contributed by atoms with Crippen molar-refractivity contribution >= 4 is 28.2 Å². The molecule has 1 atom stereocenters. The molecule has 2 aromatic carbocycles. The molecular weight excluding hydrogens is 483 g/mol. The zero-order chi connectivity index (χ0) is 27.2. The fraction of sp³-hybridized carbons (Fsp3) is 0.250. The number of hydrogen-bond acceptors (Lipinski definition) is 7. The van der Waals surface area contributed by atoms with Gasteiger partial charge in [0.15, 0.2) is 0 Å². The number of benzene rings is 2. The molecular formula is C28H31FN8O. The SMILES string of the molecule is Cc1ccc(-n2nc(C(C)(C)C)cc2NC(O)Nc2ccc(-c3nn(C)c4ccnc(N)c34)cc2F)cc1. The standard InChI is InChI=1S/C28H31FN8O/c1-16-6-9-18(10-7-16)37-23(15-22(34-37)28(2,3)4)33-27(38)32-20-11-8-17(14-19(20)29)25-24-21(36(5)35-25)12-13-31-26(24)30/h6-15,27,32-33,38H,1-5H3,(H2,30,31). The molecule has 10 heteroatoms. The minimum Gasteiger partial charge on any atom is -0.383 e. The lowest BCUT2D eigenvalue weighted by molar-refractivity contribution is 0.231. The van der Waals surface area contributed by atoms with Crippen LogP contribution < -0.4 is 16.4 Å². The van der Waals surface area contributed by atoms with E-state index in [1.165, 1.54) is 6.07 Å². The third-order valence-electron chi connectivity index (χ3n) is 6.37. The summed E-state index contributed by atoms with van der Waals surface area (Å²) in [5.41, 5.74) is 10.7. The molecule has 0 aliphatic heterocycles. The second-order valence-corrected chi connectivity index (χ2v) is 10.4. The number of aromatic nitrogens is 5. The van der Waals surface area contributed by atoms with E-state index in [2.05, 4.69) is 41.5 Å². The average Bonchev–Trinajstić information content (AvgIpc) is 3.43. The van der Waals surface area contributed by atoms with Crippen LogP contribution in [0.25, 0.3) is 27.8 Å². The normalized spacial score (nSPS) is 12.6. The Kier molecular flexibility index (Phi) is 6.28. The van der Waals surface area contributed by atoms with E-state index < -0.39 is 12.2 Å². The van der Waals surface area contributed by atoms with Crippen LogP contribution in [-0.2, 0) is 12.5 Å². The maximum absolute atomic E-state index is 15.2. The molecule has 3 heterocycles. The number of pyridine rings is 1.